The van der Waals surface area contributed by atoms with Crippen LogP contribution in [0.1, 0.15) is 60.7 Å². The van der Waals surface area contributed by atoms with Gasteiger partial charge in [-0.3, -0.25) is 4.79 Å². The normalized spacial score (nSPS) is 19.5. The maximum atomic E-state index is 12.5. The van der Waals surface area contributed by atoms with Crippen LogP contribution >= 0.6 is 34.5 Å². The molecular weight excluding hydrogens is 681 g/mol. The first-order chi connectivity index (χ1) is 22.4. The number of anilines is 1. The Hall–Kier alpha value is -2.91. The highest BCUT2D eigenvalue weighted by atomic mass is 35.5. The average Bonchev–Trinajstić information content (AvgIpc) is 3.80. The molecule has 2 aromatic carbocycles. The molecule has 2 aliphatic rings. The quantitative estimate of drug-likeness (QED) is 0.0928. The summed E-state index contributed by atoms with van der Waals surface area (Å²) in [6, 6.07) is 11.8. The summed E-state index contributed by atoms with van der Waals surface area (Å²) in [5.74, 6) is 7.71. The number of likely N-dealkylation sites (tertiary alicyclic amines) is 1. The Morgan fingerprint density at radius 3 is 2.55 bits per heavy atom. The van der Waals surface area contributed by atoms with Crippen molar-refractivity contribution in [3.63, 3.8) is 0 Å². The minimum Gasteiger partial charge on any atom is -0.744 e. The van der Waals surface area contributed by atoms with Gasteiger partial charge in [-0.05, 0) is 44.0 Å². The second-order valence-electron chi connectivity index (χ2n) is 12.0. The van der Waals surface area contributed by atoms with Crippen molar-refractivity contribution in [1.82, 2.24) is 20.3 Å². The van der Waals surface area contributed by atoms with E-state index in [1.165, 1.54) is 36.3 Å². The van der Waals surface area contributed by atoms with E-state index in [-0.39, 0.29) is 16.8 Å². The number of aryl methyl sites for hydroxylation is 2. The average molecular weight is 721 g/mol. The molecule has 6 rings (SSSR count). The fraction of sp³-hybridized carbons (Fsp3) is 0.438. The number of amides is 1. The molecule has 0 spiro atoms. The molecule has 0 saturated carbocycles. The fourth-order valence-electron chi connectivity index (χ4n) is 6.02. The predicted octanol–water partition coefficient (Wildman–Crippen LogP) is 5.56. The zero-order chi connectivity index (χ0) is 33.6. The lowest BCUT2D eigenvalue weighted by molar-refractivity contribution is -0.956. The van der Waals surface area contributed by atoms with E-state index in [1.54, 1.807) is 12.1 Å². The van der Waals surface area contributed by atoms with Gasteiger partial charge in [0.15, 0.2) is 10.5 Å². The first-order valence-corrected chi connectivity index (χ1v) is 18.7. The Morgan fingerprint density at radius 2 is 1.85 bits per heavy atom. The van der Waals surface area contributed by atoms with Gasteiger partial charge in [-0.1, -0.05) is 58.3 Å². The summed E-state index contributed by atoms with van der Waals surface area (Å²) >= 11 is 13.8. The molecule has 4 aromatic rings. The number of nitrogens with zero attached hydrogens (tertiary/aromatic N) is 5. The third-order valence-electron chi connectivity index (χ3n) is 8.53. The smallest absolute Gasteiger partial charge is 0.220 e. The van der Waals surface area contributed by atoms with Crippen LogP contribution in [-0.2, 0) is 21.3 Å². The lowest BCUT2D eigenvalue weighted by Crippen LogP contribution is -2.54. The number of nitrogens with one attached hydrogen (secondary N) is 1. The zero-order valence-corrected chi connectivity index (χ0v) is 29.3. The number of nitrogens with two attached hydrogens (primary N) is 1. The first-order valence-electron chi connectivity index (χ1n) is 15.7. The number of hydrogen-bond acceptors (Lipinski definition) is 10. The molecule has 2 fully saturated rings. The Kier molecular flexibility index (Phi) is 11.7. The van der Waals surface area contributed by atoms with Crippen LogP contribution < -0.4 is 16.1 Å². The number of carbonyl (C=O) groups excluding carboxylic acids is 1. The molecular formula is C32H39Cl2N7O4S2. The molecule has 2 saturated heterocycles. The van der Waals surface area contributed by atoms with Crippen molar-refractivity contribution in [2.24, 2.45) is 5.84 Å². The Labute approximate surface area is 289 Å². The minimum atomic E-state index is -4.27. The summed E-state index contributed by atoms with van der Waals surface area (Å²) in [5, 5.41) is 5.05. The van der Waals surface area contributed by atoms with Crippen molar-refractivity contribution in [2.75, 3.05) is 37.6 Å². The van der Waals surface area contributed by atoms with Gasteiger partial charge in [-0.25, -0.2) is 28.0 Å². The molecule has 3 N–H and O–H groups in total. The Bertz CT molecular complexity index is 1800. The van der Waals surface area contributed by atoms with Crippen molar-refractivity contribution < 1.29 is 22.4 Å². The number of benzene rings is 2. The van der Waals surface area contributed by atoms with Gasteiger partial charge in [0.25, 0.3) is 0 Å². The maximum Gasteiger partial charge on any atom is 0.220 e. The van der Waals surface area contributed by atoms with E-state index in [0.29, 0.717) is 39.7 Å². The van der Waals surface area contributed by atoms with Crippen LogP contribution in [0.25, 0.3) is 10.5 Å². The van der Waals surface area contributed by atoms with Crippen LogP contribution in [0, 0.1) is 6.92 Å². The molecule has 0 radical (unpaired) electrons. The molecule has 1 amide bonds. The number of quaternary nitrogens is 1. The topological polar surface area (TPSA) is 154 Å². The number of fused-ring (bicyclic) bond motifs is 1. The fourth-order valence-corrected chi connectivity index (χ4v) is 7.64. The van der Waals surface area contributed by atoms with Gasteiger partial charge >= 0.3 is 0 Å². The number of carbonyl (C=O) groups is 1. The molecule has 2 atom stereocenters. The first kappa shape index (κ1) is 35.4. The van der Waals surface area contributed by atoms with E-state index >= 15 is 0 Å². The molecule has 0 aliphatic carbocycles. The van der Waals surface area contributed by atoms with E-state index in [9.17, 15) is 17.8 Å². The summed E-state index contributed by atoms with van der Waals surface area (Å²) in [5.41, 5.74) is 2.73. The number of rotatable bonds is 10. The highest BCUT2D eigenvalue weighted by Gasteiger charge is 2.40. The van der Waals surface area contributed by atoms with Crippen molar-refractivity contribution in [3.8, 4) is 0 Å². The number of aromatic nitrogens is 3. The lowest BCUT2D eigenvalue weighted by Gasteiger charge is -2.35. The lowest BCUT2D eigenvalue weighted by atomic mass is 10.0. The van der Waals surface area contributed by atoms with Crippen LogP contribution in [-0.4, -0.2) is 71.1 Å². The number of thiazole rings is 1. The number of hydrogen-bond donors (Lipinski definition) is 2. The molecule has 2 aromatic heterocycles. The summed E-state index contributed by atoms with van der Waals surface area (Å²) < 4.78 is 31.6. The van der Waals surface area contributed by atoms with Crippen LogP contribution in [0.4, 0.5) is 5.82 Å². The van der Waals surface area contributed by atoms with E-state index < -0.39 is 10.1 Å². The van der Waals surface area contributed by atoms with Crippen LogP contribution in [0.2, 0.25) is 10.0 Å². The van der Waals surface area contributed by atoms with Gasteiger partial charge in [0.2, 0.25) is 5.91 Å². The summed E-state index contributed by atoms with van der Waals surface area (Å²) in [4.78, 5) is 29.2. The molecule has 2 unspecified atom stereocenters. The molecule has 252 valence electrons. The highest BCUT2D eigenvalue weighted by molar-refractivity contribution is 7.85. The molecule has 2 aliphatic heterocycles. The molecule has 11 nitrogen and oxygen atoms in total. The Morgan fingerprint density at radius 1 is 1.11 bits per heavy atom. The van der Waals surface area contributed by atoms with Gasteiger partial charge in [-0.15, -0.1) is 0 Å². The van der Waals surface area contributed by atoms with Crippen LogP contribution in [0.15, 0.2) is 53.6 Å². The van der Waals surface area contributed by atoms with Crippen molar-refractivity contribution >= 4 is 66.9 Å². The second kappa shape index (κ2) is 15.5. The van der Waals surface area contributed by atoms with Gasteiger partial charge in [0.05, 0.1) is 39.2 Å². The number of halogens is 2. The monoisotopic (exact) mass is 719 g/mol. The maximum absolute atomic E-state index is 12.5. The largest absolute Gasteiger partial charge is 0.744 e. The predicted molar refractivity (Wildman–Crippen MR) is 184 cm³/mol. The molecule has 4 heterocycles. The SMILES string of the molecule is Cc1ccc(S(=O)(=O)[O-])cc1.N[N+]1(CCCNC(=O)CCc2nc3nc(N4CCCC4)cnc3s2)CCCC1c1ccc(Cl)c(Cl)c1. The third-order valence-corrected chi connectivity index (χ3v) is 11.1. The minimum absolute atomic E-state index is 0.0268. The standard InChI is InChI=1S/C25H31Cl2N7OS.C7H8O3S/c26-18-7-6-17(15-19(18)27)20-5-3-13-34(20,28)14-4-10-29-22(35)8-9-23-32-24-25(36-23)30-16-21(31-24)33-11-1-2-12-33;1-6-2-4-7(5-3-6)11(8,9)10/h6-7,15-16,20H,1-5,8-14,28H2;2-5H,1H3,(H,8,9,10). The van der Waals surface area contributed by atoms with Gasteiger partial charge in [-0.2, -0.15) is 5.84 Å². The summed E-state index contributed by atoms with van der Waals surface area (Å²) in [7, 11) is -4.27. The summed E-state index contributed by atoms with van der Waals surface area (Å²) in [6.45, 7) is 6.18. The molecule has 0 bridgehead atoms. The van der Waals surface area contributed by atoms with Crippen LogP contribution in [0.5, 0.6) is 0 Å². The van der Waals surface area contributed by atoms with Crippen molar-refractivity contribution in [3.05, 3.63) is 74.8 Å². The van der Waals surface area contributed by atoms with Crippen molar-refractivity contribution in [1.29, 1.82) is 0 Å². The van der Waals surface area contributed by atoms with Gasteiger partial charge in [0, 0.05) is 57.3 Å². The van der Waals surface area contributed by atoms with Gasteiger partial charge in [0.1, 0.15) is 22.0 Å². The third kappa shape index (κ3) is 9.38. The Balaban J connectivity index is 0.000000335. The van der Waals surface area contributed by atoms with Gasteiger partial charge < -0.3 is 14.8 Å². The van der Waals surface area contributed by atoms with E-state index in [4.69, 9.17) is 29.0 Å². The summed E-state index contributed by atoms with van der Waals surface area (Å²) in [6.07, 6.45) is 8.11. The van der Waals surface area contributed by atoms with Crippen molar-refractivity contribution in [2.45, 2.75) is 62.8 Å². The van der Waals surface area contributed by atoms with Crippen LogP contribution in [0.3, 0.4) is 0 Å². The highest BCUT2D eigenvalue weighted by Crippen LogP contribution is 2.38. The zero-order valence-electron chi connectivity index (χ0n) is 26.2. The van der Waals surface area contributed by atoms with E-state index in [2.05, 4.69) is 25.2 Å². The van der Waals surface area contributed by atoms with E-state index in [0.717, 1.165) is 72.2 Å². The second-order valence-corrected chi connectivity index (χ2v) is 15.3. The molecule has 15 heteroatoms. The van der Waals surface area contributed by atoms with E-state index in [1.807, 2.05) is 31.3 Å². The molecule has 47 heavy (non-hydrogen) atoms.